The van der Waals surface area contributed by atoms with Crippen LogP contribution in [0.2, 0.25) is 5.02 Å². The zero-order valence-corrected chi connectivity index (χ0v) is 15.3. The third-order valence-corrected chi connectivity index (χ3v) is 4.92. The summed E-state index contributed by atoms with van der Waals surface area (Å²) in [4.78, 5) is 20.9. The Bertz CT molecular complexity index is 1050. The number of amides is 1. The van der Waals surface area contributed by atoms with Gasteiger partial charge in [0.25, 0.3) is 5.91 Å². The highest BCUT2D eigenvalue weighted by atomic mass is 35.5. The van der Waals surface area contributed by atoms with Gasteiger partial charge in [-0.15, -0.1) is 0 Å². The predicted octanol–water partition coefficient (Wildman–Crippen LogP) is 4.76. The maximum atomic E-state index is 14.5. The number of hydrogen-bond acceptors (Lipinski definition) is 4. The highest BCUT2D eigenvalue weighted by Crippen LogP contribution is 2.37. The van der Waals surface area contributed by atoms with E-state index in [-0.39, 0.29) is 16.9 Å². The summed E-state index contributed by atoms with van der Waals surface area (Å²) in [6.07, 6.45) is 4.33. The van der Waals surface area contributed by atoms with Crippen LogP contribution in [-0.4, -0.2) is 15.9 Å². The molecule has 0 spiro atoms. The number of fused-ring (bicyclic) bond motifs is 1. The average Bonchev–Trinajstić information content (AvgIpc) is 3.10. The zero-order valence-electron chi connectivity index (χ0n) is 14.5. The van der Waals surface area contributed by atoms with Gasteiger partial charge in [0.15, 0.2) is 0 Å². The molecule has 1 unspecified atom stereocenters. The maximum Gasteiger partial charge on any atom is 0.255 e. The smallest absolute Gasteiger partial charge is 0.255 e. The highest BCUT2D eigenvalue weighted by Gasteiger charge is 2.30. The Morgan fingerprint density at radius 1 is 1.11 bits per heavy atom. The van der Waals surface area contributed by atoms with Crippen LogP contribution in [0.15, 0.2) is 48.8 Å². The first-order valence-corrected chi connectivity index (χ1v) is 9.02. The monoisotopic (exact) mass is 400 g/mol. The van der Waals surface area contributed by atoms with Gasteiger partial charge < -0.3 is 10.6 Å². The molecule has 3 aromatic rings. The molecule has 4 rings (SSSR count). The lowest BCUT2D eigenvalue weighted by atomic mass is 10.0. The van der Waals surface area contributed by atoms with Crippen molar-refractivity contribution in [1.29, 1.82) is 0 Å². The fourth-order valence-corrected chi connectivity index (χ4v) is 3.55. The van der Waals surface area contributed by atoms with E-state index in [9.17, 15) is 13.6 Å². The number of carbonyl (C=O) groups excluding carboxylic acids is 1. The molecule has 1 aromatic heterocycles. The average molecular weight is 401 g/mol. The minimum absolute atomic E-state index is 0.0886. The Morgan fingerprint density at radius 3 is 2.61 bits per heavy atom. The molecule has 0 saturated carbocycles. The van der Waals surface area contributed by atoms with Gasteiger partial charge in [-0.2, -0.15) is 0 Å². The summed E-state index contributed by atoms with van der Waals surface area (Å²) in [6.45, 7) is 0. The van der Waals surface area contributed by atoms with Crippen molar-refractivity contribution >= 4 is 29.1 Å². The van der Waals surface area contributed by atoms with Gasteiger partial charge in [-0.3, -0.25) is 4.79 Å². The summed E-state index contributed by atoms with van der Waals surface area (Å²) >= 11 is 5.76. The maximum absolute atomic E-state index is 14.5. The number of halogens is 3. The number of aromatic nitrogens is 2. The van der Waals surface area contributed by atoms with Gasteiger partial charge in [0.1, 0.15) is 11.6 Å². The zero-order chi connectivity index (χ0) is 19.7. The van der Waals surface area contributed by atoms with Gasteiger partial charge in [0, 0.05) is 29.2 Å². The molecule has 0 radical (unpaired) electrons. The molecule has 8 heteroatoms. The minimum atomic E-state index is -0.570. The van der Waals surface area contributed by atoms with Crippen LogP contribution in [0, 0.1) is 11.6 Å². The standard InChI is InChI=1S/C20H15ClF2N4O/c21-14-10-11(2-5-15(14)22)26-19(28)13-3-6-16(23)18-12(13)4-7-17(18)27-20-24-8-1-9-25-20/h1-3,5-6,8-10,17H,4,7H2,(H,26,28)(H,24,25,27). The molecule has 0 saturated heterocycles. The van der Waals surface area contributed by atoms with Crippen LogP contribution in [0.25, 0.3) is 0 Å². The highest BCUT2D eigenvalue weighted by molar-refractivity contribution is 6.31. The predicted molar refractivity (Wildman–Crippen MR) is 102 cm³/mol. The van der Waals surface area contributed by atoms with Crippen LogP contribution in [0.3, 0.4) is 0 Å². The lowest BCUT2D eigenvalue weighted by molar-refractivity contribution is 0.102. The molecule has 142 valence electrons. The van der Waals surface area contributed by atoms with Crippen LogP contribution in [0.5, 0.6) is 0 Å². The molecule has 0 fully saturated rings. The quantitative estimate of drug-likeness (QED) is 0.662. The van der Waals surface area contributed by atoms with E-state index < -0.39 is 11.7 Å². The van der Waals surface area contributed by atoms with E-state index in [2.05, 4.69) is 20.6 Å². The molecule has 1 amide bonds. The lowest BCUT2D eigenvalue weighted by Crippen LogP contribution is -2.16. The van der Waals surface area contributed by atoms with Crippen molar-refractivity contribution in [2.75, 3.05) is 10.6 Å². The van der Waals surface area contributed by atoms with E-state index in [1.807, 2.05) is 0 Å². The summed E-state index contributed by atoms with van der Waals surface area (Å²) in [7, 11) is 0. The largest absolute Gasteiger partial charge is 0.347 e. The third kappa shape index (κ3) is 3.53. The van der Waals surface area contributed by atoms with Gasteiger partial charge >= 0.3 is 0 Å². The van der Waals surface area contributed by atoms with Crippen LogP contribution in [-0.2, 0) is 6.42 Å². The number of nitrogens with one attached hydrogen (secondary N) is 2. The fraction of sp³-hybridized carbons (Fsp3) is 0.150. The van der Waals surface area contributed by atoms with Crippen molar-refractivity contribution in [3.63, 3.8) is 0 Å². The van der Waals surface area contributed by atoms with E-state index >= 15 is 0 Å². The molecule has 1 heterocycles. The fourth-order valence-electron chi connectivity index (χ4n) is 3.37. The number of carbonyl (C=O) groups is 1. The first-order valence-electron chi connectivity index (χ1n) is 8.64. The molecule has 0 aliphatic heterocycles. The van der Waals surface area contributed by atoms with Gasteiger partial charge in [-0.1, -0.05) is 11.6 Å². The van der Waals surface area contributed by atoms with Crippen LogP contribution >= 0.6 is 11.6 Å². The molecular weight excluding hydrogens is 386 g/mol. The SMILES string of the molecule is O=C(Nc1ccc(F)c(Cl)c1)c1ccc(F)c2c1CCC2Nc1ncccn1. The van der Waals surface area contributed by atoms with Gasteiger partial charge in [-0.05, 0) is 54.8 Å². The van der Waals surface area contributed by atoms with E-state index in [1.165, 1.54) is 30.3 Å². The van der Waals surface area contributed by atoms with Crippen molar-refractivity contribution in [1.82, 2.24) is 9.97 Å². The summed E-state index contributed by atoms with van der Waals surface area (Å²) in [5.74, 6) is -0.965. The number of anilines is 2. The Balaban J connectivity index is 1.61. The normalized spacial score (nSPS) is 15.2. The van der Waals surface area contributed by atoms with Crippen LogP contribution in [0.4, 0.5) is 20.4 Å². The minimum Gasteiger partial charge on any atom is -0.347 e. The van der Waals surface area contributed by atoms with Gasteiger partial charge in [0.05, 0.1) is 11.1 Å². The Morgan fingerprint density at radius 2 is 1.86 bits per heavy atom. The van der Waals surface area contributed by atoms with Crippen LogP contribution in [0.1, 0.15) is 33.9 Å². The second kappa shape index (κ2) is 7.52. The van der Waals surface area contributed by atoms with E-state index in [0.29, 0.717) is 41.2 Å². The molecule has 1 aliphatic rings. The van der Waals surface area contributed by atoms with Crippen molar-refractivity contribution < 1.29 is 13.6 Å². The van der Waals surface area contributed by atoms with Crippen molar-refractivity contribution in [2.24, 2.45) is 0 Å². The van der Waals surface area contributed by atoms with Gasteiger partial charge in [-0.25, -0.2) is 18.7 Å². The first kappa shape index (κ1) is 18.3. The summed E-state index contributed by atoms with van der Waals surface area (Å²) in [6, 6.07) is 8.01. The third-order valence-electron chi connectivity index (χ3n) is 4.63. The summed E-state index contributed by atoms with van der Waals surface area (Å²) in [5.41, 5.74) is 1.81. The molecule has 0 bridgehead atoms. The molecule has 28 heavy (non-hydrogen) atoms. The molecule has 2 N–H and O–H groups in total. The number of nitrogens with zero attached hydrogens (tertiary/aromatic N) is 2. The number of benzene rings is 2. The van der Waals surface area contributed by atoms with E-state index in [4.69, 9.17) is 11.6 Å². The molecule has 1 atom stereocenters. The number of rotatable bonds is 4. The second-order valence-corrected chi connectivity index (χ2v) is 6.79. The molecule has 5 nitrogen and oxygen atoms in total. The lowest BCUT2D eigenvalue weighted by Gasteiger charge is -2.16. The number of hydrogen-bond donors (Lipinski definition) is 2. The second-order valence-electron chi connectivity index (χ2n) is 6.38. The van der Waals surface area contributed by atoms with E-state index in [1.54, 1.807) is 18.5 Å². The van der Waals surface area contributed by atoms with Crippen molar-refractivity contribution in [2.45, 2.75) is 18.9 Å². The Hall–Kier alpha value is -3.06. The molecule has 2 aromatic carbocycles. The topological polar surface area (TPSA) is 66.9 Å². The van der Waals surface area contributed by atoms with Crippen molar-refractivity contribution in [3.05, 3.63) is 82.1 Å². The Labute approximate surface area is 164 Å². The van der Waals surface area contributed by atoms with Crippen LogP contribution < -0.4 is 10.6 Å². The van der Waals surface area contributed by atoms with Crippen molar-refractivity contribution in [3.8, 4) is 0 Å². The molecule has 1 aliphatic carbocycles. The molecular formula is C20H15ClF2N4O. The summed E-state index contributed by atoms with van der Waals surface area (Å²) in [5, 5.41) is 5.71. The Kier molecular flexibility index (Phi) is 4.92. The van der Waals surface area contributed by atoms with E-state index in [0.717, 1.165) is 0 Å². The van der Waals surface area contributed by atoms with Gasteiger partial charge in [0.2, 0.25) is 5.95 Å². The summed E-state index contributed by atoms with van der Waals surface area (Å²) < 4.78 is 27.8. The first-order chi connectivity index (χ1) is 13.5.